The highest BCUT2D eigenvalue weighted by Crippen LogP contribution is 2.34. The Morgan fingerprint density at radius 1 is 1.24 bits per heavy atom. The van der Waals surface area contributed by atoms with Crippen LogP contribution < -0.4 is 9.47 Å². The molecule has 0 aliphatic carbocycles. The molecule has 0 radical (unpaired) electrons. The molecule has 194 valence electrons. The predicted octanol–water partition coefficient (Wildman–Crippen LogP) is 3.14. The molecule has 0 fully saturated rings. The van der Waals surface area contributed by atoms with Gasteiger partial charge in [-0.05, 0) is 31.2 Å². The van der Waals surface area contributed by atoms with Crippen LogP contribution in [0.1, 0.15) is 34.6 Å². The number of benzene rings is 1. The minimum atomic E-state index is -0.444. The van der Waals surface area contributed by atoms with Crippen LogP contribution >= 0.6 is 0 Å². The van der Waals surface area contributed by atoms with Crippen molar-refractivity contribution in [3.8, 4) is 22.8 Å². The number of aliphatic hydroxyl groups excluding tert-OH is 1. The van der Waals surface area contributed by atoms with E-state index in [1.54, 1.807) is 67.7 Å². The normalized spacial score (nSPS) is 18.2. The van der Waals surface area contributed by atoms with E-state index in [0.717, 1.165) is 5.56 Å². The van der Waals surface area contributed by atoms with Crippen LogP contribution in [-0.4, -0.2) is 82.7 Å². The zero-order valence-electron chi connectivity index (χ0n) is 21.5. The lowest BCUT2D eigenvalue weighted by molar-refractivity contribution is 0.0313. The Morgan fingerprint density at radius 3 is 2.68 bits per heavy atom. The first-order valence-corrected chi connectivity index (χ1v) is 12.2. The number of aliphatic hydroxyl groups is 1. The largest absolute Gasteiger partial charge is 0.496 e. The van der Waals surface area contributed by atoms with E-state index in [9.17, 15) is 14.7 Å². The summed E-state index contributed by atoms with van der Waals surface area (Å²) in [5, 5.41) is 9.90. The Balaban J connectivity index is 1.71. The highest BCUT2D eigenvalue weighted by molar-refractivity contribution is 5.98. The first-order chi connectivity index (χ1) is 17.8. The zero-order chi connectivity index (χ0) is 26.5. The van der Waals surface area contributed by atoms with E-state index < -0.39 is 12.1 Å². The molecule has 0 saturated heterocycles. The fraction of sp³-hybridized carbons (Fsp3) is 0.357. The molecule has 37 heavy (non-hydrogen) atoms. The third-order valence-electron chi connectivity index (χ3n) is 6.67. The van der Waals surface area contributed by atoms with Gasteiger partial charge in [0, 0.05) is 54.8 Å². The lowest BCUT2D eigenvalue weighted by Crippen LogP contribution is -2.50. The number of pyridine rings is 2. The van der Waals surface area contributed by atoms with Crippen LogP contribution in [-0.2, 0) is 0 Å². The summed E-state index contributed by atoms with van der Waals surface area (Å²) in [5.74, 6) is 0.283. The molecule has 3 heterocycles. The number of hydrogen-bond acceptors (Lipinski definition) is 7. The van der Waals surface area contributed by atoms with E-state index in [4.69, 9.17) is 9.47 Å². The third-order valence-corrected chi connectivity index (χ3v) is 6.67. The first kappa shape index (κ1) is 26.1. The number of carbonyl (C=O) groups excluding carboxylic acids is 2. The number of ether oxygens (including phenoxy) is 2. The SMILES string of the molecule is COc1ccccc1-c1cnc2c(c1)C(=O)N([C@@H](C)CO)C[C@@H](C)[C@@H](CN(C)C(=O)c1ccncc1)O2. The van der Waals surface area contributed by atoms with Crippen molar-refractivity contribution in [3.05, 3.63) is 72.2 Å². The van der Waals surface area contributed by atoms with Gasteiger partial charge in [-0.1, -0.05) is 25.1 Å². The van der Waals surface area contributed by atoms with E-state index in [1.165, 1.54) is 0 Å². The van der Waals surface area contributed by atoms with E-state index in [1.807, 2.05) is 31.2 Å². The molecule has 1 aliphatic heterocycles. The first-order valence-electron chi connectivity index (χ1n) is 12.2. The fourth-order valence-corrected chi connectivity index (χ4v) is 4.42. The average Bonchev–Trinajstić information content (AvgIpc) is 2.94. The Bertz CT molecular complexity index is 1250. The lowest BCUT2D eigenvalue weighted by atomic mass is 9.98. The molecule has 0 unspecified atom stereocenters. The molecule has 4 rings (SSSR count). The maximum absolute atomic E-state index is 13.7. The fourth-order valence-electron chi connectivity index (χ4n) is 4.42. The number of aromatic nitrogens is 2. The maximum atomic E-state index is 13.7. The van der Waals surface area contributed by atoms with Gasteiger partial charge in [0.1, 0.15) is 17.4 Å². The second-order valence-electron chi connectivity index (χ2n) is 9.32. The Morgan fingerprint density at radius 2 is 1.97 bits per heavy atom. The zero-order valence-corrected chi connectivity index (χ0v) is 21.5. The second-order valence-corrected chi connectivity index (χ2v) is 9.32. The number of fused-ring (bicyclic) bond motifs is 1. The summed E-state index contributed by atoms with van der Waals surface area (Å²) in [6, 6.07) is 12.2. The van der Waals surface area contributed by atoms with Crippen molar-refractivity contribution in [1.29, 1.82) is 0 Å². The monoisotopic (exact) mass is 504 g/mol. The molecular formula is C28H32N4O5. The van der Waals surface area contributed by atoms with Gasteiger partial charge in [0.05, 0.1) is 26.3 Å². The number of para-hydroxylation sites is 1. The van der Waals surface area contributed by atoms with Gasteiger partial charge in [0.25, 0.3) is 11.8 Å². The van der Waals surface area contributed by atoms with Crippen molar-refractivity contribution in [2.45, 2.75) is 26.0 Å². The molecule has 3 atom stereocenters. The van der Waals surface area contributed by atoms with Crippen molar-refractivity contribution in [2.24, 2.45) is 5.92 Å². The number of methoxy groups -OCH3 is 1. The summed E-state index contributed by atoms with van der Waals surface area (Å²) in [7, 11) is 3.31. The second kappa shape index (κ2) is 11.4. The van der Waals surface area contributed by atoms with Crippen LogP contribution in [0, 0.1) is 5.92 Å². The summed E-state index contributed by atoms with van der Waals surface area (Å²) in [5.41, 5.74) is 2.33. The van der Waals surface area contributed by atoms with Gasteiger partial charge in [0.2, 0.25) is 5.88 Å². The van der Waals surface area contributed by atoms with Crippen LogP contribution in [0.15, 0.2) is 61.1 Å². The third kappa shape index (κ3) is 5.56. The van der Waals surface area contributed by atoms with E-state index >= 15 is 0 Å². The Hall–Kier alpha value is -3.98. The van der Waals surface area contributed by atoms with Crippen molar-refractivity contribution in [2.75, 3.05) is 33.9 Å². The van der Waals surface area contributed by atoms with Gasteiger partial charge in [-0.2, -0.15) is 0 Å². The number of hydrogen-bond donors (Lipinski definition) is 1. The number of amides is 2. The molecule has 0 saturated carbocycles. The number of rotatable bonds is 7. The quantitative estimate of drug-likeness (QED) is 0.527. The number of likely N-dealkylation sites (N-methyl/N-ethyl adjacent to an activating group) is 1. The number of nitrogens with zero attached hydrogens (tertiary/aromatic N) is 4. The standard InChI is InChI=1S/C28H32N4O5/c1-18-15-32(19(2)17-33)28(35)23-13-21(22-7-5-6-8-24(22)36-4)14-30-26(23)37-25(18)16-31(3)27(34)20-9-11-29-12-10-20/h5-14,18-19,25,33H,15-17H2,1-4H3/t18-,19+,25-/m1/s1. The van der Waals surface area contributed by atoms with Crippen molar-refractivity contribution >= 4 is 11.8 Å². The minimum absolute atomic E-state index is 0.144. The molecule has 0 bridgehead atoms. The summed E-state index contributed by atoms with van der Waals surface area (Å²) in [6.45, 7) is 4.22. The lowest BCUT2D eigenvalue weighted by Gasteiger charge is -2.37. The van der Waals surface area contributed by atoms with Crippen LogP contribution in [0.4, 0.5) is 0 Å². The molecular weight excluding hydrogens is 472 g/mol. The maximum Gasteiger partial charge on any atom is 0.259 e. The van der Waals surface area contributed by atoms with Gasteiger partial charge >= 0.3 is 0 Å². The van der Waals surface area contributed by atoms with Gasteiger partial charge < -0.3 is 24.4 Å². The molecule has 0 spiro atoms. The smallest absolute Gasteiger partial charge is 0.259 e. The van der Waals surface area contributed by atoms with Crippen LogP contribution in [0.2, 0.25) is 0 Å². The summed E-state index contributed by atoms with van der Waals surface area (Å²) in [4.78, 5) is 38.4. The van der Waals surface area contributed by atoms with E-state index in [-0.39, 0.29) is 36.8 Å². The van der Waals surface area contributed by atoms with Crippen LogP contribution in [0.3, 0.4) is 0 Å². The molecule has 1 aromatic carbocycles. The summed E-state index contributed by atoms with van der Waals surface area (Å²) in [6.07, 6.45) is 4.37. The Kier molecular flexibility index (Phi) is 8.03. The van der Waals surface area contributed by atoms with Crippen molar-refractivity contribution in [3.63, 3.8) is 0 Å². The molecule has 2 amide bonds. The topological polar surface area (TPSA) is 105 Å². The molecule has 3 aromatic rings. The highest BCUT2D eigenvalue weighted by atomic mass is 16.5. The Labute approximate surface area is 216 Å². The van der Waals surface area contributed by atoms with Gasteiger partial charge in [-0.25, -0.2) is 4.98 Å². The van der Waals surface area contributed by atoms with Crippen LogP contribution in [0.25, 0.3) is 11.1 Å². The number of carbonyl (C=O) groups is 2. The summed E-state index contributed by atoms with van der Waals surface area (Å²) >= 11 is 0. The highest BCUT2D eigenvalue weighted by Gasteiger charge is 2.35. The van der Waals surface area contributed by atoms with Gasteiger partial charge in [-0.3, -0.25) is 14.6 Å². The molecule has 1 N–H and O–H groups in total. The minimum Gasteiger partial charge on any atom is -0.496 e. The van der Waals surface area contributed by atoms with Crippen LogP contribution in [0.5, 0.6) is 11.6 Å². The van der Waals surface area contributed by atoms with E-state index in [2.05, 4.69) is 9.97 Å². The molecule has 9 heteroatoms. The summed E-state index contributed by atoms with van der Waals surface area (Å²) < 4.78 is 11.8. The van der Waals surface area contributed by atoms with Gasteiger partial charge in [0.15, 0.2) is 0 Å². The van der Waals surface area contributed by atoms with Gasteiger partial charge in [-0.15, -0.1) is 0 Å². The molecule has 1 aliphatic rings. The molecule has 9 nitrogen and oxygen atoms in total. The predicted molar refractivity (Wildman–Crippen MR) is 139 cm³/mol. The van der Waals surface area contributed by atoms with Crippen molar-refractivity contribution in [1.82, 2.24) is 19.8 Å². The average molecular weight is 505 g/mol. The molecule has 2 aromatic heterocycles. The van der Waals surface area contributed by atoms with E-state index in [0.29, 0.717) is 29.0 Å². The van der Waals surface area contributed by atoms with Crippen molar-refractivity contribution < 1.29 is 24.2 Å².